The Morgan fingerprint density at radius 3 is 2.69 bits per heavy atom. The third-order valence-corrected chi connectivity index (χ3v) is 5.82. The van der Waals surface area contributed by atoms with Crippen LogP contribution in [-0.4, -0.2) is 29.8 Å². The van der Waals surface area contributed by atoms with Gasteiger partial charge >= 0.3 is 0 Å². The normalized spacial score (nSPS) is 15.0. The maximum atomic E-state index is 12.9. The Morgan fingerprint density at radius 1 is 1.21 bits per heavy atom. The largest absolute Gasteiger partial charge is 0.493 e. The maximum Gasteiger partial charge on any atom is 0.293 e. The summed E-state index contributed by atoms with van der Waals surface area (Å²) in [6.45, 7) is 0.243. The summed E-state index contributed by atoms with van der Waals surface area (Å²) in [6, 6.07) is 11.0. The molecule has 3 rings (SSSR count). The van der Waals surface area contributed by atoms with Crippen LogP contribution in [-0.2, 0) is 11.3 Å². The van der Waals surface area contributed by atoms with E-state index in [-0.39, 0.29) is 24.3 Å². The monoisotopic (exact) mass is 535 g/mol. The van der Waals surface area contributed by atoms with E-state index < -0.39 is 0 Å². The Labute approximate surface area is 189 Å². The van der Waals surface area contributed by atoms with Crippen molar-refractivity contribution in [3.8, 4) is 23.8 Å². The van der Waals surface area contributed by atoms with E-state index in [1.807, 2.05) is 24.3 Å². The van der Waals surface area contributed by atoms with Crippen LogP contribution in [0.2, 0.25) is 0 Å². The molecule has 5 nitrogen and oxygen atoms in total. The number of methoxy groups -OCH3 is 1. The summed E-state index contributed by atoms with van der Waals surface area (Å²) < 4.78 is 12.6. The number of ether oxygens (including phenoxy) is 2. The minimum atomic E-state index is -0.359. The molecular formula is C21H15Br2NO4S. The van der Waals surface area contributed by atoms with Gasteiger partial charge in [0.25, 0.3) is 11.1 Å². The Hall–Kier alpha value is -2.21. The van der Waals surface area contributed by atoms with Crippen molar-refractivity contribution in [2.45, 2.75) is 6.54 Å². The lowest BCUT2D eigenvalue weighted by molar-refractivity contribution is -0.123. The number of carbonyl (C=O) groups excluding carboxylic acids is 2. The fourth-order valence-corrected chi connectivity index (χ4v) is 4.44. The number of halogens is 2. The van der Waals surface area contributed by atoms with Crippen molar-refractivity contribution in [3.63, 3.8) is 0 Å². The van der Waals surface area contributed by atoms with Crippen LogP contribution in [0.3, 0.4) is 0 Å². The first-order valence-corrected chi connectivity index (χ1v) is 10.8. The van der Waals surface area contributed by atoms with Crippen LogP contribution in [0.4, 0.5) is 4.79 Å². The van der Waals surface area contributed by atoms with Crippen LogP contribution in [0, 0.1) is 12.3 Å². The van der Waals surface area contributed by atoms with Crippen molar-refractivity contribution in [2.75, 3.05) is 13.7 Å². The Bertz CT molecular complexity index is 1050. The second kappa shape index (κ2) is 9.53. The number of hydrogen-bond donors (Lipinski definition) is 0. The first-order chi connectivity index (χ1) is 13.9. The van der Waals surface area contributed by atoms with Crippen LogP contribution < -0.4 is 9.47 Å². The number of benzene rings is 2. The van der Waals surface area contributed by atoms with Gasteiger partial charge in [0.05, 0.1) is 18.6 Å². The van der Waals surface area contributed by atoms with E-state index in [4.69, 9.17) is 15.9 Å². The molecule has 1 saturated heterocycles. The van der Waals surface area contributed by atoms with Crippen LogP contribution in [0.1, 0.15) is 11.1 Å². The summed E-state index contributed by atoms with van der Waals surface area (Å²) in [7, 11) is 1.51. The van der Waals surface area contributed by atoms with Crippen LogP contribution in [0.25, 0.3) is 6.08 Å². The summed E-state index contributed by atoms with van der Waals surface area (Å²) >= 11 is 7.70. The zero-order chi connectivity index (χ0) is 21.0. The van der Waals surface area contributed by atoms with E-state index in [1.165, 1.54) is 12.0 Å². The predicted octanol–water partition coefficient (Wildman–Crippen LogP) is 5.47. The molecule has 1 aliphatic heterocycles. The van der Waals surface area contributed by atoms with Gasteiger partial charge < -0.3 is 9.47 Å². The number of nitrogens with zero attached hydrogens (tertiary/aromatic N) is 1. The lowest BCUT2D eigenvalue weighted by Crippen LogP contribution is -2.27. The molecule has 29 heavy (non-hydrogen) atoms. The molecular weight excluding hydrogens is 522 g/mol. The first kappa shape index (κ1) is 21.5. The molecule has 8 heteroatoms. The molecule has 0 aliphatic carbocycles. The van der Waals surface area contributed by atoms with Crippen LogP contribution in [0.15, 0.2) is 50.2 Å². The highest BCUT2D eigenvalue weighted by Gasteiger charge is 2.35. The fourth-order valence-electron chi connectivity index (χ4n) is 2.71. The van der Waals surface area contributed by atoms with Crippen molar-refractivity contribution in [1.29, 1.82) is 0 Å². The average Bonchev–Trinajstić information content (AvgIpc) is 2.94. The highest BCUT2D eigenvalue weighted by atomic mass is 79.9. The van der Waals surface area contributed by atoms with Gasteiger partial charge in [-0.15, -0.1) is 6.42 Å². The van der Waals surface area contributed by atoms with E-state index in [0.717, 1.165) is 26.3 Å². The average molecular weight is 537 g/mol. The number of carbonyl (C=O) groups is 2. The summed E-state index contributed by atoms with van der Waals surface area (Å²) in [5.41, 5.74) is 1.43. The molecule has 2 amide bonds. The fraction of sp³-hybridized carbons (Fsp3) is 0.143. The molecule has 0 unspecified atom stereocenters. The summed E-state index contributed by atoms with van der Waals surface area (Å²) in [4.78, 5) is 26.8. The molecule has 2 aromatic rings. The van der Waals surface area contributed by atoms with Crippen molar-refractivity contribution >= 4 is 60.8 Å². The summed E-state index contributed by atoms with van der Waals surface area (Å²) in [5.74, 6) is 2.93. The quantitative estimate of drug-likeness (QED) is 0.362. The van der Waals surface area contributed by atoms with Gasteiger partial charge in [-0.05, 0) is 47.7 Å². The topological polar surface area (TPSA) is 55.8 Å². The van der Waals surface area contributed by atoms with Crippen molar-refractivity contribution in [3.05, 3.63) is 61.4 Å². The van der Waals surface area contributed by atoms with Crippen molar-refractivity contribution in [2.24, 2.45) is 0 Å². The Kier molecular flexibility index (Phi) is 7.06. The molecule has 148 valence electrons. The second-order valence-corrected chi connectivity index (χ2v) is 8.74. The van der Waals surface area contributed by atoms with Gasteiger partial charge in [0.15, 0.2) is 11.5 Å². The van der Waals surface area contributed by atoms with E-state index in [1.54, 1.807) is 18.2 Å². The second-order valence-electron chi connectivity index (χ2n) is 5.92. The SMILES string of the molecule is C#CCOc1c(/C=C2/SC(=O)N(Cc3cccc(Br)c3)C2=O)cc(Br)cc1OC. The zero-order valence-electron chi connectivity index (χ0n) is 15.3. The third kappa shape index (κ3) is 5.04. The molecule has 0 atom stereocenters. The van der Waals surface area contributed by atoms with Crippen LogP contribution in [0.5, 0.6) is 11.5 Å². The van der Waals surface area contributed by atoms with E-state index in [9.17, 15) is 9.59 Å². The summed E-state index contributed by atoms with van der Waals surface area (Å²) in [6.07, 6.45) is 6.92. The van der Waals surface area contributed by atoms with Crippen molar-refractivity contribution < 1.29 is 19.1 Å². The van der Waals surface area contributed by atoms with Gasteiger partial charge in [-0.1, -0.05) is 49.9 Å². The summed E-state index contributed by atoms with van der Waals surface area (Å²) in [5, 5.41) is -0.325. The molecule has 0 spiro atoms. The highest BCUT2D eigenvalue weighted by Crippen LogP contribution is 2.39. The predicted molar refractivity (Wildman–Crippen MR) is 121 cm³/mol. The third-order valence-electron chi connectivity index (χ3n) is 3.96. The molecule has 0 aromatic heterocycles. The highest BCUT2D eigenvalue weighted by molar-refractivity contribution is 9.10. The lowest BCUT2D eigenvalue weighted by atomic mass is 10.1. The van der Waals surface area contributed by atoms with E-state index >= 15 is 0 Å². The minimum absolute atomic E-state index is 0.0448. The molecule has 2 aromatic carbocycles. The Morgan fingerprint density at radius 2 is 2.00 bits per heavy atom. The molecule has 1 aliphatic rings. The number of terminal acetylenes is 1. The molecule has 0 saturated carbocycles. The molecule has 1 heterocycles. The van der Waals surface area contributed by atoms with Gasteiger partial charge in [0, 0.05) is 14.5 Å². The lowest BCUT2D eigenvalue weighted by Gasteiger charge is -2.14. The maximum absolute atomic E-state index is 12.9. The van der Waals surface area contributed by atoms with E-state index in [2.05, 4.69) is 37.8 Å². The van der Waals surface area contributed by atoms with Crippen molar-refractivity contribution in [1.82, 2.24) is 4.90 Å². The number of imide groups is 1. The Balaban J connectivity index is 1.93. The van der Waals surface area contributed by atoms with Gasteiger partial charge in [-0.3, -0.25) is 14.5 Å². The number of amides is 2. The zero-order valence-corrected chi connectivity index (χ0v) is 19.3. The molecule has 0 radical (unpaired) electrons. The molecule has 0 N–H and O–H groups in total. The molecule has 0 bridgehead atoms. The minimum Gasteiger partial charge on any atom is -0.493 e. The van der Waals surface area contributed by atoms with Gasteiger partial charge in [0.1, 0.15) is 6.61 Å². The van der Waals surface area contributed by atoms with Gasteiger partial charge in [-0.2, -0.15) is 0 Å². The number of thioether (sulfide) groups is 1. The van der Waals surface area contributed by atoms with Gasteiger partial charge in [0.2, 0.25) is 0 Å². The van der Waals surface area contributed by atoms with Crippen LogP contribution >= 0.6 is 43.6 Å². The first-order valence-electron chi connectivity index (χ1n) is 8.36. The van der Waals surface area contributed by atoms with E-state index in [0.29, 0.717) is 22.0 Å². The smallest absolute Gasteiger partial charge is 0.293 e. The standard InChI is InChI=1S/C21H15Br2NO4S/c1-3-7-28-19-14(9-16(23)11-17(19)27-2)10-18-20(25)24(21(26)29-18)12-13-5-4-6-15(22)8-13/h1,4-6,8-11H,7,12H2,2H3/b18-10+. The number of rotatable bonds is 6. The van der Waals surface area contributed by atoms with Gasteiger partial charge in [-0.25, -0.2) is 0 Å². The molecule has 1 fully saturated rings. The number of hydrogen-bond acceptors (Lipinski definition) is 5.